The Labute approximate surface area is 258 Å². The molecule has 0 spiro atoms. The number of fused-ring (bicyclic) bond motifs is 2. The maximum atomic E-state index is 7.08. The van der Waals surface area contributed by atoms with Gasteiger partial charge in [-0.25, -0.2) is 0 Å². The summed E-state index contributed by atoms with van der Waals surface area (Å²) in [7, 11) is 0. The van der Waals surface area contributed by atoms with E-state index in [1.165, 1.54) is 44.5 Å². The molecule has 2 aliphatic rings. The molecule has 196 valence electrons. The first-order valence-electron chi connectivity index (χ1n) is 13.6. The van der Waals surface area contributed by atoms with Gasteiger partial charge in [0, 0.05) is 0 Å². The molecule has 2 aliphatic carbocycles. The van der Waals surface area contributed by atoms with E-state index in [2.05, 4.69) is 105 Å². The van der Waals surface area contributed by atoms with Gasteiger partial charge in [-0.15, -0.1) is 0 Å². The number of rotatable bonds is 8. The number of aryl methyl sites for hydroxylation is 2. The molecule has 37 heavy (non-hydrogen) atoms. The second-order valence-corrected chi connectivity index (χ2v) is 52.1. The quantitative estimate of drug-likeness (QED) is 0.189. The third-order valence-corrected chi connectivity index (χ3v) is 43.1. The van der Waals surface area contributed by atoms with E-state index in [0.29, 0.717) is 11.8 Å². The molecule has 2 aromatic carbocycles. The van der Waals surface area contributed by atoms with Crippen molar-refractivity contribution < 1.29 is 44.8 Å². The van der Waals surface area contributed by atoms with Gasteiger partial charge >= 0.3 is 261 Å². The first-order valence-corrected chi connectivity index (χ1v) is 27.5. The normalized spacial score (nSPS) is 22.8. The van der Waals surface area contributed by atoms with Crippen LogP contribution in [0.1, 0.15) is 97.9 Å². The first-order chi connectivity index (χ1) is 17.2. The van der Waals surface area contributed by atoms with Crippen molar-refractivity contribution in [1.82, 2.24) is 0 Å². The summed E-state index contributed by atoms with van der Waals surface area (Å²) in [5.74, 6) is 2.53. The van der Waals surface area contributed by atoms with E-state index in [9.17, 15) is 0 Å². The van der Waals surface area contributed by atoms with Crippen LogP contribution < -0.4 is 0 Å². The molecule has 2 aromatic rings. The van der Waals surface area contributed by atoms with E-state index < -0.39 is 47.1 Å². The Morgan fingerprint density at radius 1 is 0.676 bits per heavy atom. The summed E-state index contributed by atoms with van der Waals surface area (Å²) in [5.41, 5.74) is 15.1. The van der Waals surface area contributed by atoms with E-state index in [-0.39, 0.29) is 6.25 Å². The average Bonchev–Trinajstić information content (AvgIpc) is 3.25. The van der Waals surface area contributed by atoms with Crippen molar-refractivity contribution in [3.05, 3.63) is 79.9 Å². The molecule has 0 saturated carbocycles. The molecule has 5 heteroatoms. The summed E-state index contributed by atoms with van der Waals surface area (Å²) in [5, 5.41) is 0. The SMILES string of the molecule is CC1=Cc2c(C(C)C)ccc(C)c2[C]1(CCl)[Zr][Si](C)(C)[Zr][C]1(CCl)C(C)=Cc2c(C(C)C)ccc(C)c21. The van der Waals surface area contributed by atoms with Crippen molar-refractivity contribution >= 4 is 37.7 Å². The number of benzene rings is 2. The van der Waals surface area contributed by atoms with Crippen LogP contribution in [0.3, 0.4) is 0 Å². The Morgan fingerprint density at radius 2 is 1.03 bits per heavy atom. The van der Waals surface area contributed by atoms with Gasteiger partial charge < -0.3 is 0 Å². The van der Waals surface area contributed by atoms with Gasteiger partial charge in [-0.3, -0.25) is 0 Å². The molecule has 0 fully saturated rings. The van der Waals surface area contributed by atoms with Crippen LogP contribution in [0.2, 0.25) is 13.1 Å². The standard InChI is InChI=1S/2C15H18Cl.C2H6Si.2Zr/c2*1-9(2)12-6-5-10(3)15-13(12)7-11(4)14(15)8-16;1-3-2;;/h2*5-7,9H,8H2,1-4H3;1-2H3;;. The molecule has 0 aromatic heterocycles. The van der Waals surface area contributed by atoms with Crippen LogP contribution in [0.4, 0.5) is 0 Å². The number of halogens is 2. The van der Waals surface area contributed by atoms with Gasteiger partial charge in [0.05, 0.1) is 0 Å². The Kier molecular flexibility index (Phi) is 9.09. The second-order valence-electron chi connectivity index (χ2n) is 12.4. The predicted octanol–water partition coefficient (Wildman–Crippen LogP) is 9.82. The molecule has 0 N–H and O–H groups in total. The van der Waals surface area contributed by atoms with Crippen LogP contribution in [-0.2, 0) is 51.0 Å². The number of allylic oxidation sites excluding steroid dienone is 2. The monoisotopic (exact) mass is 704 g/mol. The number of alkyl halides is 2. The van der Waals surface area contributed by atoms with Crippen LogP contribution in [0.15, 0.2) is 35.4 Å². The summed E-state index contributed by atoms with van der Waals surface area (Å²) in [6.45, 7) is 24.2. The van der Waals surface area contributed by atoms with Gasteiger partial charge in [-0.2, -0.15) is 0 Å². The molecule has 2 atom stereocenters. The molecular weight excluding hydrogens is 666 g/mol. The van der Waals surface area contributed by atoms with Crippen molar-refractivity contribution in [2.75, 3.05) is 11.8 Å². The van der Waals surface area contributed by atoms with Crippen molar-refractivity contribution in [1.29, 1.82) is 0 Å². The summed E-state index contributed by atoms with van der Waals surface area (Å²) < 4.78 is -1.25. The molecule has 0 aliphatic heterocycles. The molecule has 4 rings (SSSR count). The zero-order valence-electron chi connectivity index (χ0n) is 24.3. The molecule has 0 nitrogen and oxygen atoms in total. The minimum absolute atomic E-state index is 0.118. The van der Waals surface area contributed by atoms with Crippen LogP contribution >= 0.6 is 23.2 Å². The van der Waals surface area contributed by atoms with Crippen LogP contribution in [-0.4, -0.2) is 14.1 Å². The van der Waals surface area contributed by atoms with Crippen LogP contribution in [0.25, 0.3) is 12.2 Å². The Bertz CT molecular complexity index is 1190. The molecular formula is C32H42Cl2SiZr2. The Morgan fingerprint density at radius 3 is 1.32 bits per heavy atom. The van der Waals surface area contributed by atoms with Gasteiger partial charge in [-0.05, 0) is 0 Å². The zero-order valence-corrected chi connectivity index (χ0v) is 31.7. The van der Waals surface area contributed by atoms with Crippen molar-refractivity contribution in [3.8, 4) is 0 Å². The van der Waals surface area contributed by atoms with E-state index in [0.717, 1.165) is 11.8 Å². The van der Waals surface area contributed by atoms with Gasteiger partial charge in [0.15, 0.2) is 0 Å². The molecule has 0 amide bonds. The molecule has 2 unspecified atom stereocenters. The Hall–Kier alpha value is 0.483. The van der Waals surface area contributed by atoms with Gasteiger partial charge in [0.25, 0.3) is 0 Å². The third kappa shape index (κ3) is 5.07. The molecule has 0 saturated heterocycles. The zero-order chi connectivity index (χ0) is 27.5. The fraction of sp³-hybridized carbons (Fsp3) is 0.500. The topological polar surface area (TPSA) is 0 Å². The van der Waals surface area contributed by atoms with Gasteiger partial charge in [0.1, 0.15) is 0 Å². The summed E-state index contributed by atoms with van der Waals surface area (Å²) in [6, 6.07) is 9.46. The maximum absolute atomic E-state index is 7.08. The molecule has 0 bridgehead atoms. The van der Waals surface area contributed by atoms with E-state index in [1.807, 2.05) is 0 Å². The minimum atomic E-state index is -1.49. The summed E-state index contributed by atoms with van der Waals surface area (Å²) >= 11 is 12.3. The summed E-state index contributed by atoms with van der Waals surface area (Å²) in [6.07, 6.45) is 5.03. The molecule has 0 heterocycles. The van der Waals surface area contributed by atoms with Crippen molar-refractivity contribution in [3.63, 3.8) is 0 Å². The van der Waals surface area contributed by atoms with Gasteiger partial charge in [-0.1, -0.05) is 0 Å². The second kappa shape index (κ2) is 11.0. The van der Waals surface area contributed by atoms with Crippen molar-refractivity contribution in [2.45, 2.75) is 86.6 Å². The number of hydrogen-bond donors (Lipinski definition) is 0. The predicted molar refractivity (Wildman–Crippen MR) is 160 cm³/mol. The first kappa shape index (κ1) is 30.4. The van der Waals surface area contributed by atoms with Crippen LogP contribution in [0, 0.1) is 13.8 Å². The fourth-order valence-corrected chi connectivity index (χ4v) is 58.1. The number of hydrogen-bond acceptors (Lipinski definition) is 0. The van der Waals surface area contributed by atoms with Crippen molar-refractivity contribution in [2.24, 2.45) is 0 Å². The fourth-order valence-electron chi connectivity index (χ4n) is 6.85. The van der Waals surface area contributed by atoms with E-state index in [4.69, 9.17) is 23.2 Å². The molecule has 0 radical (unpaired) electrons. The van der Waals surface area contributed by atoms with E-state index in [1.54, 1.807) is 11.1 Å². The Balaban J connectivity index is 1.81. The average molecular weight is 708 g/mol. The van der Waals surface area contributed by atoms with E-state index >= 15 is 0 Å². The third-order valence-electron chi connectivity index (χ3n) is 8.59. The van der Waals surface area contributed by atoms with Gasteiger partial charge in [0.2, 0.25) is 0 Å². The summed E-state index contributed by atoms with van der Waals surface area (Å²) in [4.78, 5) is 0. The van der Waals surface area contributed by atoms with Crippen LogP contribution in [0.5, 0.6) is 0 Å².